The molecule has 0 aliphatic carbocycles. The van der Waals surface area contributed by atoms with Gasteiger partial charge in [-0.15, -0.1) is 0 Å². The number of aromatic nitrogens is 2. The summed E-state index contributed by atoms with van der Waals surface area (Å²) in [4.78, 5) is 19.1. The van der Waals surface area contributed by atoms with Gasteiger partial charge in [0.1, 0.15) is 7.05 Å². The Morgan fingerprint density at radius 2 is 2.04 bits per heavy atom. The summed E-state index contributed by atoms with van der Waals surface area (Å²) in [5.74, 6) is -0.390. The van der Waals surface area contributed by atoms with E-state index >= 15 is 0 Å². The van der Waals surface area contributed by atoms with Crippen molar-refractivity contribution in [2.75, 3.05) is 25.1 Å². The van der Waals surface area contributed by atoms with E-state index in [0.717, 1.165) is 37.2 Å². The van der Waals surface area contributed by atoms with Crippen LogP contribution in [0.25, 0.3) is 11.3 Å². The smallest absolute Gasteiger partial charge is 0.363 e. The lowest BCUT2D eigenvalue weighted by Crippen LogP contribution is -2.36. The van der Waals surface area contributed by atoms with Crippen LogP contribution in [0.15, 0.2) is 18.5 Å². The normalized spacial score (nSPS) is 15.7. The largest absolute Gasteiger partial charge is 0.464 e. The number of ether oxygens (including phenoxy) is 1. The average Bonchev–Trinajstić information content (AvgIpc) is 2.64. The van der Waals surface area contributed by atoms with Crippen molar-refractivity contribution in [3.63, 3.8) is 0 Å². The number of carbonyl (C=O) groups excluding carboxylic acids is 1. The number of rotatable bonds is 2. The molecule has 2 aliphatic rings. The Morgan fingerprint density at radius 1 is 1.28 bits per heavy atom. The van der Waals surface area contributed by atoms with Gasteiger partial charge in [0.05, 0.1) is 18.9 Å². The summed E-state index contributed by atoms with van der Waals surface area (Å²) in [5.41, 5.74) is 7.89. The van der Waals surface area contributed by atoms with Gasteiger partial charge in [0, 0.05) is 18.8 Å². The molecular formula is C20H24N3O2+. The number of hydrogen-bond donors (Lipinski definition) is 0. The fourth-order valence-electron chi connectivity index (χ4n) is 4.34. The SMILES string of the molecule is COC(=O)c1ncc[n+](C)c1-c1cc2c3c(c1C)CCCN3CCC2. The zero-order chi connectivity index (χ0) is 17.6. The number of esters is 1. The molecule has 0 spiro atoms. The summed E-state index contributed by atoms with van der Waals surface area (Å²) in [7, 11) is 3.36. The van der Waals surface area contributed by atoms with E-state index in [-0.39, 0.29) is 0 Å². The lowest BCUT2D eigenvalue weighted by Gasteiger charge is -2.38. The molecule has 0 radical (unpaired) electrons. The quantitative estimate of drug-likeness (QED) is 0.623. The summed E-state index contributed by atoms with van der Waals surface area (Å²) < 4.78 is 6.94. The molecular weight excluding hydrogens is 314 g/mol. The molecule has 0 saturated heterocycles. The van der Waals surface area contributed by atoms with Crippen LogP contribution < -0.4 is 9.47 Å². The zero-order valence-corrected chi connectivity index (χ0v) is 15.1. The van der Waals surface area contributed by atoms with Crippen LogP contribution in [0, 0.1) is 6.92 Å². The number of hydrogen-bond acceptors (Lipinski definition) is 4. The van der Waals surface area contributed by atoms with E-state index in [1.807, 2.05) is 17.8 Å². The van der Waals surface area contributed by atoms with E-state index in [9.17, 15) is 4.79 Å². The predicted molar refractivity (Wildman–Crippen MR) is 95.8 cm³/mol. The maximum Gasteiger partial charge on any atom is 0.363 e. The molecule has 0 N–H and O–H groups in total. The van der Waals surface area contributed by atoms with Gasteiger partial charge in [0.25, 0.3) is 0 Å². The number of anilines is 1. The van der Waals surface area contributed by atoms with E-state index in [1.165, 1.54) is 42.3 Å². The number of aryl methyl sites for hydroxylation is 2. The second-order valence-electron chi connectivity index (χ2n) is 6.96. The molecule has 2 aromatic rings. The van der Waals surface area contributed by atoms with E-state index in [4.69, 9.17) is 4.74 Å². The van der Waals surface area contributed by atoms with Crippen molar-refractivity contribution < 1.29 is 14.1 Å². The molecule has 25 heavy (non-hydrogen) atoms. The van der Waals surface area contributed by atoms with Gasteiger partial charge in [0.2, 0.25) is 11.4 Å². The fourth-order valence-corrected chi connectivity index (χ4v) is 4.34. The van der Waals surface area contributed by atoms with E-state index in [1.54, 1.807) is 6.20 Å². The van der Waals surface area contributed by atoms with Crippen molar-refractivity contribution in [1.82, 2.24) is 4.98 Å². The van der Waals surface area contributed by atoms with E-state index in [0.29, 0.717) is 5.69 Å². The fraction of sp³-hybridized carbons (Fsp3) is 0.450. The van der Waals surface area contributed by atoms with Crippen LogP contribution in [0.3, 0.4) is 0 Å². The standard InChI is InChI=1S/C20H24N3O2/c1-13-15-7-5-10-23-9-4-6-14(18(15)23)12-16(13)19-17(20(24)25-3)21-8-11-22(19)2/h8,11-12H,4-7,9-10H2,1-3H3/q+1. The average molecular weight is 338 g/mol. The van der Waals surface area contributed by atoms with Crippen LogP contribution in [0.1, 0.15) is 40.0 Å². The number of nitrogens with zero attached hydrogens (tertiary/aromatic N) is 3. The highest BCUT2D eigenvalue weighted by Crippen LogP contribution is 2.41. The van der Waals surface area contributed by atoms with Gasteiger partial charge >= 0.3 is 5.97 Å². The lowest BCUT2D eigenvalue weighted by molar-refractivity contribution is -0.661. The van der Waals surface area contributed by atoms with Crippen LogP contribution in [-0.2, 0) is 24.6 Å². The Kier molecular flexibility index (Phi) is 3.94. The van der Waals surface area contributed by atoms with Gasteiger partial charge < -0.3 is 9.64 Å². The highest BCUT2D eigenvalue weighted by atomic mass is 16.5. The highest BCUT2D eigenvalue weighted by molar-refractivity contribution is 5.94. The summed E-state index contributed by atoms with van der Waals surface area (Å²) >= 11 is 0. The molecule has 1 aromatic carbocycles. The molecule has 1 aromatic heterocycles. The third kappa shape index (κ3) is 2.49. The van der Waals surface area contributed by atoms with Gasteiger partial charge in [-0.2, -0.15) is 4.57 Å². The minimum Gasteiger partial charge on any atom is -0.464 e. The molecule has 5 nitrogen and oxygen atoms in total. The van der Waals surface area contributed by atoms with Crippen LogP contribution >= 0.6 is 0 Å². The topological polar surface area (TPSA) is 46.3 Å². The molecule has 3 heterocycles. The third-order valence-electron chi connectivity index (χ3n) is 5.52. The Labute approximate surface area is 148 Å². The highest BCUT2D eigenvalue weighted by Gasteiger charge is 2.31. The second-order valence-corrected chi connectivity index (χ2v) is 6.96. The minimum atomic E-state index is -0.390. The first-order valence-electron chi connectivity index (χ1n) is 8.95. The zero-order valence-electron chi connectivity index (χ0n) is 15.1. The molecule has 0 unspecified atom stereocenters. The van der Waals surface area contributed by atoms with Crippen molar-refractivity contribution in [3.8, 4) is 11.3 Å². The summed E-state index contributed by atoms with van der Waals surface area (Å²) in [6.45, 7) is 4.50. The summed E-state index contributed by atoms with van der Waals surface area (Å²) in [6.07, 6.45) is 8.13. The summed E-state index contributed by atoms with van der Waals surface area (Å²) in [6, 6.07) is 2.27. The first kappa shape index (κ1) is 16.1. The Hall–Kier alpha value is -2.43. The van der Waals surface area contributed by atoms with Crippen LogP contribution in [-0.4, -0.2) is 31.2 Å². The third-order valence-corrected chi connectivity index (χ3v) is 5.52. The first-order chi connectivity index (χ1) is 12.1. The molecule has 5 heteroatoms. The maximum absolute atomic E-state index is 12.3. The molecule has 0 atom stereocenters. The molecule has 0 saturated carbocycles. The Bertz CT molecular complexity index is 859. The van der Waals surface area contributed by atoms with Crippen molar-refractivity contribution >= 4 is 11.7 Å². The van der Waals surface area contributed by atoms with Crippen molar-refractivity contribution in [3.05, 3.63) is 40.8 Å². The number of methoxy groups -OCH3 is 1. The molecule has 0 bridgehead atoms. The molecule has 0 amide bonds. The van der Waals surface area contributed by atoms with Gasteiger partial charge in [-0.25, -0.2) is 9.78 Å². The summed E-state index contributed by atoms with van der Waals surface area (Å²) in [5, 5.41) is 0. The Balaban J connectivity index is 1.98. The van der Waals surface area contributed by atoms with Crippen molar-refractivity contribution in [2.45, 2.75) is 32.6 Å². The van der Waals surface area contributed by atoms with Crippen LogP contribution in [0.4, 0.5) is 5.69 Å². The second kappa shape index (κ2) is 6.14. The van der Waals surface area contributed by atoms with Crippen LogP contribution in [0.5, 0.6) is 0 Å². The van der Waals surface area contributed by atoms with Gasteiger partial charge in [-0.1, -0.05) is 0 Å². The number of carbonyl (C=O) groups is 1. The van der Waals surface area contributed by atoms with E-state index in [2.05, 4.69) is 22.9 Å². The molecule has 130 valence electrons. The molecule has 2 aliphatic heterocycles. The molecule has 0 fully saturated rings. The Morgan fingerprint density at radius 3 is 2.80 bits per heavy atom. The maximum atomic E-state index is 12.3. The predicted octanol–water partition coefficient (Wildman–Crippen LogP) is 2.37. The van der Waals surface area contributed by atoms with Crippen molar-refractivity contribution in [2.24, 2.45) is 7.05 Å². The van der Waals surface area contributed by atoms with Gasteiger partial charge in [-0.3, -0.25) is 0 Å². The minimum absolute atomic E-state index is 0.381. The van der Waals surface area contributed by atoms with Crippen molar-refractivity contribution in [1.29, 1.82) is 0 Å². The number of benzene rings is 1. The first-order valence-corrected chi connectivity index (χ1v) is 8.95. The lowest BCUT2D eigenvalue weighted by atomic mass is 9.85. The molecule has 4 rings (SSSR count). The van der Waals surface area contributed by atoms with Crippen LogP contribution in [0.2, 0.25) is 0 Å². The van der Waals surface area contributed by atoms with Gasteiger partial charge in [0.15, 0.2) is 6.20 Å². The van der Waals surface area contributed by atoms with E-state index < -0.39 is 5.97 Å². The monoisotopic (exact) mass is 338 g/mol. The van der Waals surface area contributed by atoms with Gasteiger partial charge in [-0.05, 0) is 55.4 Å².